The zero-order valence-corrected chi connectivity index (χ0v) is 12.8. The zero-order valence-electron chi connectivity index (χ0n) is 11.1. The predicted octanol–water partition coefficient (Wildman–Crippen LogP) is 3.41. The minimum atomic E-state index is -0.303. The Hall–Kier alpha value is -1.39. The average Bonchev–Trinajstić information content (AvgIpc) is 2.36. The first kappa shape index (κ1) is 15.7. The maximum Gasteiger partial charge on any atom is 0.308 e. The molecular formula is C15H18BrNO2. The Labute approximate surface area is 123 Å². The number of benzene rings is 2. The van der Waals surface area contributed by atoms with E-state index in [0.717, 1.165) is 10.8 Å². The lowest BCUT2D eigenvalue weighted by molar-refractivity contribution is -0.131. The maximum absolute atomic E-state index is 10.9. The van der Waals surface area contributed by atoms with Gasteiger partial charge >= 0.3 is 5.97 Å². The Morgan fingerprint density at radius 3 is 2.47 bits per heavy atom. The zero-order chi connectivity index (χ0) is 13.1. The van der Waals surface area contributed by atoms with E-state index in [1.165, 1.54) is 12.5 Å². The van der Waals surface area contributed by atoms with Crippen LogP contribution in [-0.4, -0.2) is 12.5 Å². The molecule has 0 aliphatic carbocycles. The average molecular weight is 324 g/mol. The van der Waals surface area contributed by atoms with Gasteiger partial charge in [-0.25, -0.2) is 0 Å². The van der Waals surface area contributed by atoms with Gasteiger partial charge in [0.25, 0.3) is 0 Å². The second-order valence-corrected chi connectivity index (χ2v) is 4.50. The molecule has 0 saturated heterocycles. The molecule has 0 heterocycles. The molecule has 1 atom stereocenters. The number of fused-ring (bicyclic) bond motifs is 1. The standard InChI is InChI=1S/C15H17NO2.BrH/c1-10(9-16)12-3-4-14-8-15(18-11(2)17)6-5-13(14)7-12;/h3-8,10H,9,16H2,1-2H3;1H. The molecule has 0 aliphatic heterocycles. The van der Waals surface area contributed by atoms with Crippen LogP contribution in [0, 0.1) is 0 Å². The van der Waals surface area contributed by atoms with Crippen LogP contribution in [0.1, 0.15) is 25.3 Å². The lowest BCUT2D eigenvalue weighted by Gasteiger charge is -2.10. The lowest BCUT2D eigenvalue weighted by Crippen LogP contribution is -2.08. The van der Waals surface area contributed by atoms with Gasteiger partial charge < -0.3 is 10.5 Å². The maximum atomic E-state index is 10.9. The number of carbonyl (C=O) groups is 1. The van der Waals surface area contributed by atoms with Crippen molar-refractivity contribution in [2.45, 2.75) is 19.8 Å². The second kappa shape index (κ2) is 6.68. The second-order valence-electron chi connectivity index (χ2n) is 4.50. The van der Waals surface area contributed by atoms with Gasteiger partial charge in [0.2, 0.25) is 0 Å². The highest BCUT2D eigenvalue weighted by molar-refractivity contribution is 8.93. The van der Waals surface area contributed by atoms with Crippen LogP contribution in [0.4, 0.5) is 0 Å². The summed E-state index contributed by atoms with van der Waals surface area (Å²) < 4.78 is 5.06. The molecular weight excluding hydrogens is 306 g/mol. The van der Waals surface area contributed by atoms with Gasteiger partial charge in [-0.15, -0.1) is 17.0 Å². The van der Waals surface area contributed by atoms with E-state index >= 15 is 0 Å². The molecule has 0 amide bonds. The number of halogens is 1. The number of carbonyl (C=O) groups excluding carboxylic acids is 1. The SMILES string of the molecule is Br.CC(=O)Oc1ccc2cc(C(C)CN)ccc2c1. The van der Waals surface area contributed by atoms with Gasteiger partial charge in [0.05, 0.1) is 0 Å². The summed E-state index contributed by atoms with van der Waals surface area (Å²) in [7, 11) is 0. The molecule has 102 valence electrons. The Morgan fingerprint density at radius 1 is 1.21 bits per heavy atom. The molecule has 2 N–H and O–H groups in total. The normalized spacial score (nSPS) is 11.7. The Bertz CT molecular complexity index is 583. The smallest absolute Gasteiger partial charge is 0.308 e. The van der Waals surface area contributed by atoms with Crippen molar-refractivity contribution in [3.8, 4) is 5.75 Å². The topological polar surface area (TPSA) is 52.3 Å². The van der Waals surface area contributed by atoms with Crippen LogP contribution in [0.15, 0.2) is 36.4 Å². The quantitative estimate of drug-likeness (QED) is 0.695. The highest BCUT2D eigenvalue weighted by Crippen LogP contribution is 2.24. The van der Waals surface area contributed by atoms with Crippen molar-refractivity contribution in [1.29, 1.82) is 0 Å². The fraction of sp³-hybridized carbons (Fsp3) is 0.267. The molecule has 0 fully saturated rings. The number of hydrogen-bond donors (Lipinski definition) is 1. The number of esters is 1. The molecule has 1 unspecified atom stereocenters. The van der Waals surface area contributed by atoms with E-state index in [1.54, 1.807) is 6.07 Å². The molecule has 0 aliphatic rings. The first-order valence-electron chi connectivity index (χ1n) is 6.02. The first-order valence-corrected chi connectivity index (χ1v) is 6.02. The van der Waals surface area contributed by atoms with Crippen LogP contribution in [0.5, 0.6) is 5.75 Å². The van der Waals surface area contributed by atoms with E-state index in [0.29, 0.717) is 18.2 Å². The molecule has 2 rings (SSSR count). The van der Waals surface area contributed by atoms with Crippen molar-refractivity contribution in [2.24, 2.45) is 5.73 Å². The number of rotatable bonds is 3. The number of hydrogen-bond acceptors (Lipinski definition) is 3. The molecule has 0 spiro atoms. The Kier molecular flexibility index (Phi) is 5.51. The number of ether oxygens (including phenoxy) is 1. The van der Waals surface area contributed by atoms with Crippen molar-refractivity contribution in [3.05, 3.63) is 42.0 Å². The fourth-order valence-electron chi connectivity index (χ4n) is 1.91. The van der Waals surface area contributed by atoms with Gasteiger partial charge in [-0.2, -0.15) is 0 Å². The minimum Gasteiger partial charge on any atom is -0.427 e. The van der Waals surface area contributed by atoms with Crippen LogP contribution in [-0.2, 0) is 4.79 Å². The minimum absolute atomic E-state index is 0. The van der Waals surface area contributed by atoms with Crippen molar-refractivity contribution in [2.75, 3.05) is 6.54 Å². The van der Waals surface area contributed by atoms with Gasteiger partial charge in [-0.05, 0) is 40.9 Å². The molecule has 0 radical (unpaired) electrons. The van der Waals surface area contributed by atoms with Crippen LogP contribution in [0.3, 0.4) is 0 Å². The van der Waals surface area contributed by atoms with Crippen LogP contribution in [0.2, 0.25) is 0 Å². The van der Waals surface area contributed by atoms with E-state index in [4.69, 9.17) is 10.5 Å². The van der Waals surface area contributed by atoms with Gasteiger partial charge in [0, 0.05) is 6.92 Å². The molecule has 0 saturated carbocycles. The highest BCUT2D eigenvalue weighted by Gasteiger charge is 2.05. The summed E-state index contributed by atoms with van der Waals surface area (Å²) in [5.74, 6) is 0.625. The van der Waals surface area contributed by atoms with Crippen molar-refractivity contribution >= 4 is 33.7 Å². The highest BCUT2D eigenvalue weighted by atomic mass is 79.9. The van der Waals surface area contributed by atoms with E-state index < -0.39 is 0 Å². The molecule has 0 aromatic heterocycles. The van der Waals surface area contributed by atoms with E-state index in [1.807, 2.05) is 18.2 Å². The Morgan fingerprint density at radius 2 is 1.84 bits per heavy atom. The van der Waals surface area contributed by atoms with Gasteiger partial charge in [0.15, 0.2) is 0 Å². The molecule has 2 aromatic rings. The molecule has 3 nitrogen and oxygen atoms in total. The van der Waals surface area contributed by atoms with E-state index in [2.05, 4.69) is 19.1 Å². The summed E-state index contributed by atoms with van der Waals surface area (Å²) >= 11 is 0. The van der Waals surface area contributed by atoms with Crippen LogP contribution < -0.4 is 10.5 Å². The third kappa shape index (κ3) is 3.78. The van der Waals surface area contributed by atoms with Gasteiger partial charge in [-0.3, -0.25) is 4.79 Å². The third-order valence-corrected chi connectivity index (χ3v) is 3.02. The lowest BCUT2D eigenvalue weighted by atomic mass is 9.98. The predicted molar refractivity (Wildman–Crippen MR) is 83.0 cm³/mol. The monoisotopic (exact) mass is 323 g/mol. The first-order chi connectivity index (χ1) is 8.60. The van der Waals surface area contributed by atoms with Crippen molar-refractivity contribution in [1.82, 2.24) is 0 Å². The summed E-state index contributed by atoms with van der Waals surface area (Å²) in [5.41, 5.74) is 6.90. The molecule has 4 heteroatoms. The summed E-state index contributed by atoms with van der Waals surface area (Å²) in [6.07, 6.45) is 0. The van der Waals surface area contributed by atoms with E-state index in [9.17, 15) is 4.79 Å². The number of nitrogens with two attached hydrogens (primary N) is 1. The van der Waals surface area contributed by atoms with Crippen LogP contribution in [0.25, 0.3) is 10.8 Å². The van der Waals surface area contributed by atoms with Gasteiger partial charge in [0.1, 0.15) is 5.75 Å². The largest absolute Gasteiger partial charge is 0.427 e. The summed E-state index contributed by atoms with van der Waals surface area (Å²) in [6.45, 7) is 4.14. The Balaban J connectivity index is 0.00000180. The third-order valence-electron chi connectivity index (χ3n) is 3.02. The molecule has 0 bridgehead atoms. The molecule has 19 heavy (non-hydrogen) atoms. The fourth-order valence-corrected chi connectivity index (χ4v) is 1.91. The van der Waals surface area contributed by atoms with Gasteiger partial charge in [-0.1, -0.05) is 31.2 Å². The van der Waals surface area contributed by atoms with E-state index in [-0.39, 0.29) is 23.0 Å². The van der Waals surface area contributed by atoms with Crippen LogP contribution >= 0.6 is 17.0 Å². The van der Waals surface area contributed by atoms with Crippen molar-refractivity contribution in [3.63, 3.8) is 0 Å². The summed E-state index contributed by atoms with van der Waals surface area (Å²) in [4.78, 5) is 10.9. The molecule has 2 aromatic carbocycles. The summed E-state index contributed by atoms with van der Waals surface area (Å²) in [5, 5.41) is 2.19. The summed E-state index contributed by atoms with van der Waals surface area (Å²) in [6, 6.07) is 11.9. The van der Waals surface area contributed by atoms with Crippen molar-refractivity contribution < 1.29 is 9.53 Å².